The third-order valence-electron chi connectivity index (χ3n) is 4.84. The molecule has 0 saturated heterocycles. The lowest BCUT2D eigenvalue weighted by Crippen LogP contribution is -2.11. The van der Waals surface area contributed by atoms with Gasteiger partial charge in [-0.25, -0.2) is 23.5 Å². The van der Waals surface area contributed by atoms with Gasteiger partial charge >= 0.3 is 6.18 Å². The van der Waals surface area contributed by atoms with Crippen molar-refractivity contribution in [2.45, 2.75) is 18.0 Å². The first-order valence-electron chi connectivity index (χ1n) is 9.64. The largest absolute Gasteiger partial charge is 0.416 e. The second kappa shape index (κ2) is 8.38. The zero-order valence-electron chi connectivity index (χ0n) is 17.2. The Morgan fingerprint density at radius 2 is 1.55 bits per heavy atom. The number of halogens is 3. The van der Waals surface area contributed by atoms with Crippen LogP contribution < -0.4 is 5.14 Å². The molecule has 2 heterocycles. The third-order valence-corrected chi connectivity index (χ3v) is 5.75. The second-order valence-electron chi connectivity index (χ2n) is 7.30. The van der Waals surface area contributed by atoms with Crippen LogP contribution in [0.15, 0.2) is 77.8 Å². The molecular formula is C23H17F3N4O2S. The van der Waals surface area contributed by atoms with Crippen LogP contribution in [0.5, 0.6) is 0 Å². The fourth-order valence-corrected chi connectivity index (χ4v) is 3.79. The highest BCUT2D eigenvalue weighted by atomic mass is 32.2. The SMILES string of the molecule is Cc1cc(-c2ccc(C(F)(F)F)cc2)nc(-c2ccnc(-c3cccc(S(N)(=O)=O)c3)c2)n1. The maximum atomic E-state index is 12.9. The molecule has 6 nitrogen and oxygen atoms in total. The number of primary sulfonamides is 1. The molecule has 4 rings (SSSR count). The lowest BCUT2D eigenvalue weighted by atomic mass is 10.1. The molecule has 0 bridgehead atoms. The van der Waals surface area contributed by atoms with Crippen LogP contribution in [0.1, 0.15) is 11.3 Å². The average Bonchev–Trinajstić information content (AvgIpc) is 2.78. The van der Waals surface area contributed by atoms with E-state index in [-0.39, 0.29) is 4.90 Å². The van der Waals surface area contributed by atoms with E-state index in [4.69, 9.17) is 5.14 Å². The van der Waals surface area contributed by atoms with Gasteiger partial charge in [0, 0.05) is 28.6 Å². The highest BCUT2D eigenvalue weighted by molar-refractivity contribution is 7.89. The van der Waals surface area contributed by atoms with Gasteiger partial charge in [0.1, 0.15) is 0 Å². The molecule has 0 aliphatic heterocycles. The quantitative estimate of drug-likeness (QED) is 0.460. The Morgan fingerprint density at radius 3 is 2.21 bits per heavy atom. The molecule has 4 aromatic rings. The third kappa shape index (κ3) is 5.07. The van der Waals surface area contributed by atoms with Crippen molar-refractivity contribution in [3.05, 3.63) is 84.2 Å². The van der Waals surface area contributed by atoms with Crippen molar-refractivity contribution in [3.8, 4) is 33.9 Å². The molecule has 0 saturated carbocycles. The van der Waals surface area contributed by atoms with Crippen LogP contribution >= 0.6 is 0 Å². The predicted octanol–water partition coefficient (Wildman–Crippen LogP) is 4.85. The van der Waals surface area contributed by atoms with Crippen LogP contribution in [0, 0.1) is 6.92 Å². The Hall–Kier alpha value is -3.63. The summed E-state index contributed by atoms with van der Waals surface area (Å²) in [4.78, 5) is 13.2. The molecule has 0 atom stereocenters. The summed E-state index contributed by atoms with van der Waals surface area (Å²) < 4.78 is 61.9. The minimum absolute atomic E-state index is 0.0383. The molecule has 168 valence electrons. The summed E-state index contributed by atoms with van der Waals surface area (Å²) in [6.07, 6.45) is -2.88. The van der Waals surface area contributed by atoms with Gasteiger partial charge < -0.3 is 0 Å². The van der Waals surface area contributed by atoms with E-state index >= 15 is 0 Å². The van der Waals surface area contributed by atoms with Gasteiger partial charge in [0.25, 0.3) is 0 Å². The van der Waals surface area contributed by atoms with Crippen molar-refractivity contribution in [1.82, 2.24) is 15.0 Å². The molecule has 2 N–H and O–H groups in total. The number of sulfonamides is 1. The van der Waals surface area contributed by atoms with E-state index in [1.54, 1.807) is 37.3 Å². The zero-order valence-corrected chi connectivity index (χ0v) is 18.0. The van der Waals surface area contributed by atoms with E-state index in [1.165, 1.54) is 30.5 Å². The number of nitrogens with two attached hydrogens (primary N) is 1. The molecule has 0 fully saturated rings. The van der Waals surface area contributed by atoms with Crippen molar-refractivity contribution in [2.75, 3.05) is 0 Å². The van der Waals surface area contributed by atoms with Gasteiger partial charge in [-0.1, -0.05) is 24.3 Å². The minimum atomic E-state index is -4.42. The molecular weight excluding hydrogens is 453 g/mol. The van der Waals surface area contributed by atoms with Crippen LogP contribution in [0.25, 0.3) is 33.9 Å². The van der Waals surface area contributed by atoms with Gasteiger partial charge in [0.15, 0.2) is 5.82 Å². The van der Waals surface area contributed by atoms with Crippen LogP contribution in [0.4, 0.5) is 13.2 Å². The summed E-state index contributed by atoms with van der Waals surface area (Å²) in [5, 5.41) is 5.22. The van der Waals surface area contributed by atoms with E-state index in [1.807, 2.05) is 0 Å². The van der Waals surface area contributed by atoms with Crippen LogP contribution in [0.3, 0.4) is 0 Å². The number of benzene rings is 2. The lowest BCUT2D eigenvalue weighted by Gasteiger charge is -2.10. The smallest absolute Gasteiger partial charge is 0.256 e. The first-order chi connectivity index (χ1) is 15.5. The van der Waals surface area contributed by atoms with Crippen LogP contribution in [0.2, 0.25) is 0 Å². The lowest BCUT2D eigenvalue weighted by molar-refractivity contribution is -0.137. The van der Waals surface area contributed by atoms with Crippen LogP contribution in [-0.4, -0.2) is 23.4 Å². The number of aryl methyl sites for hydroxylation is 1. The monoisotopic (exact) mass is 470 g/mol. The molecule has 2 aromatic carbocycles. The Morgan fingerprint density at radius 1 is 0.818 bits per heavy atom. The van der Waals surface area contributed by atoms with E-state index < -0.39 is 21.8 Å². The number of hydrogen-bond acceptors (Lipinski definition) is 5. The Balaban J connectivity index is 1.73. The summed E-state index contributed by atoms with van der Waals surface area (Å²) in [5.41, 5.74) is 2.52. The van der Waals surface area contributed by atoms with Gasteiger partial charge in [-0.15, -0.1) is 0 Å². The van der Waals surface area contributed by atoms with Crippen LogP contribution in [-0.2, 0) is 16.2 Å². The summed E-state index contributed by atoms with van der Waals surface area (Å²) in [6, 6.07) is 15.9. The molecule has 33 heavy (non-hydrogen) atoms. The Labute approximate surface area is 188 Å². The maximum absolute atomic E-state index is 12.9. The summed E-state index contributed by atoms with van der Waals surface area (Å²) in [7, 11) is -3.87. The van der Waals surface area contributed by atoms with Gasteiger partial charge in [-0.05, 0) is 49.4 Å². The first-order valence-corrected chi connectivity index (χ1v) is 11.2. The molecule has 2 aromatic heterocycles. The number of hydrogen-bond donors (Lipinski definition) is 1. The minimum Gasteiger partial charge on any atom is -0.256 e. The van der Waals surface area contributed by atoms with Gasteiger partial charge in [0.2, 0.25) is 10.0 Å². The fourth-order valence-electron chi connectivity index (χ4n) is 3.24. The molecule has 0 aliphatic rings. The molecule has 0 unspecified atom stereocenters. The molecule has 0 spiro atoms. The van der Waals surface area contributed by atoms with E-state index in [0.717, 1.165) is 12.1 Å². The normalized spacial score (nSPS) is 12.0. The molecule has 0 radical (unpaired) electrons. The number of pyridine rings is 1. The standard InChI is InChI=1S/C23H17F3N4O2S/c1-14-11-21(15-5-7-18(8-6-15)23(24,25)26)30-22(29-14)17-9-10-28-20(13-17)16-3-2-4-19(12-16)33(27,31)32/h2-13H,1H3,(H2,27,31,32). The van der Waals surface area contributed by atoms with Crippen molar-refractivity contribution in [3.63, 3.8) is 0 Å². The number of alkyl halides is 3. The molecule has 10 heteroatoms. The number of aromatic nitrogens is 3. The van der Waals surface area contributed by atoms with E-state index in [2.05, 4.69) is 15.0 Å². The molecule has 0 amide bonds. The topological polar surface area (TPSA) is 98.8 Å². The summed E-state index contributed by atoms with van der Waals surface area (Å²) in [6.45, 7) is 1.76. The highest BCUT2D eigenvalue weighted by Crippen LogP contribution is 2.31. The predicted molar refractivity (Wildman–Crippen MR) is 117 cm³/mol. The Kier molecular flexibility index (Phi) is 5.73. The summed E-state index contributed by atoms with van der Waals surface area (Å²) >= 11 is 0. The first kappa shape index (κ1) is 22.6. The fraction of sp³-hybridized carbons (Fsp3) is 0.0870. The van der Waals surface area contributed by atoms with Gasteiger partial charge in [0.05, 0.1) is 21.8 Å². The van der Waals surface area contributed by atoms with Crippen molar-refractivity contribution in [2.24, 2.45) is 5.14 Å². The summed E-state index contributed by atoms with van der Waals surface area (Å²) in [5.74, 6) is 0.358. The van der Waals surface area contributed by atoms with Gasteiger partial charge in [-0.3, -0.25) is 4.98 Å². The molecule has 0 aliphatic carbocycles. The van der Waals surface area contributed by atoms with E-state index in [9.17, 15) is 21.6 Å². The van der Waals surface area contributed by atoms with Gasteiger partial charge in [-0.2, -0.15) is 13.2 Å². The highest BCUT2D eigenvalue weighted by Gasteiger charge is 2.30. The van der Waals surface area contributed by atoms with Crippen molar-refractivity contribution >= 4 is 10.0 Å². The van der Waals surface area contributed by atoms with E-state index in [0.29, 0.717) is 39.6 Å². The van der Waals surface area contributed by atoms with Crippen molar-refractivity contribution in [1.29, 1.82) is 0 Å². The second-order valence-corrected chi connectivity index (χ2v) is 8.86. The van der Waals surface area contributed by atoms with Crippen molar-refractivity contribution < 1.29 is 21.6 Å². The average molecular weight is 470 g/mol. The number of rotatable bonds is 4. The Bertz CT molecular complexity index is 1440. The zero-order chi connectivity index (χ0) is 23.8. The maximum Gasteiger partial charge on any atom is 0.416 e. The number of nitrogens with zero attached hydrogens (tertiary/aromatic N) is 3.